The van der Waals surface area contributed by atoms with E-state index in [2.05, 4.69) is 55.5 Å². The lowest BCUT2D eigenvalue weighted by Gasteiger charge is -2.31. The Hall–Kier alpha value is -1.82. The molecule has 1 unspecified atom stereocenters. The molecule has 0 aromatic heterocycles. The summed E-state index contributed by atoms with van der Waals surface area (Å²) in [5.74, 6) is 0.744. The average Bonchev–Trinajstić information content (AvgIpc) is 2.53. The summed E-state index contributed by atoms with van der Waals surface area (Å²) in [6.07, 6.45) is 9.67. The van der Waals surface area contributed by atoms with Crippen LogP contribution in [0.25, 0.3) is 16.3 Å². The molecule has 0 saturated heterocycles. The fraction of sp³-hybridized carbons (Fsp3) is 0.300. The molecule has 0 spiro atoms. The second kappa shape index (κ2) is 4.63. The second-order valence-corrected chi connectivity index (χ2v) is 6.00. The van der Waals surface area contributed by atoms with Crippen molar-refractivity contribution in [2.45, 2.75) is 32.6 Å². The van der Waals surface area contributed by atoms with Gasteiger partial charge < -0.3 is 0 Å². The molecule has 0 saturated carbocycles. The van der Waals surface area contributed by atoms with E-state index >= 15 is 0 Å². The van der Waals surface area contributed by atoms with Gasteiger partial charge in [-0.1, -0.05) is 61.0 Å². The highest BCUT2D eigenvalue weighted by molar-refractivity contribution is 5.94. The van der Waals surface area contributed by atoms with Crippen LogP contribution in [0.5, 0.6) is 0 Å². The third-order valence-corrected chi connectivity index (χ3v) is 4.98. The second-order valence-electron chi connectivity index (χ2n) is 6.00. The monoisotopic (exact) mass is 260 g/mol. The maximum absolute atomic E-state index is 2.37. The Kier molecular flexibility index (Phi) is 2.77. The summed E-state index contributed by atoms with van der Waals surface area (Å²) >= 11 is 0. The molecule has 2 aliphatic carbocycles. The number of hydrogen-bond donors (Lipinski definition) is 0. The molecule has 0 aliphatic heterocycles. The SMILES string of the molecule is CCC1Cc2c(ccc3ccccc23)C2=C1CCC=C2. The van der Waals surface area contributed by atoms with Crippen LogP contribution in [0.1, 0.15) is 37.3 Å². The van der Waals surface area contributed by atoms with Crippen LogP contribution in [0.15, 0.2) is 54.1 Å². The predicted molar refractivity (Wildman–Crippen MR) is 86.7 cm³/mol. The molecule has 0 nitrogen and oxygen atoms in total. The summed E-state index contributed by atoms with van der Waals surface area (Å²) in [7, 11) is 0. The minimum absolute atomic E-state index is 0.744. The van der Waals surface area contributed by atoms with Crippen LogP contribution in [0.3, 0.4) is 0 Å². The minimum Gasteiger partial charge on any atom is -0.0836 e. The van der Waals surface area contributed by atoms with Crippen molar-refractivity contribution in [1.29, 1.82) is 0 Å². The van der Waals surface area contributed by atoms with Gasteiger partial charge in [0.25, 0.3) is 0 Å². The van der Waals surface area contributed by atoms with Crippen LogP contribution in [-0.4, -0.2) is 0 Å². The van der Waals surface area contributed by atoms with Crippen molar-refractivity contribution in [2.24, 2.45) is 5.92 Å². The van der Waals surface area contributed by atoms with Crippen LogP contribution < -0.4 is 0 Å². The molecule has 0 radical (unpaired) electrons. The van der Waals surface area contributed by atoms with Crippen molar-refractivity contribution in [1.82, 2.24) is 0 Å². The van der Waals surface area contributed by atoms with Crippen LogP contribution >= 0.6 is 0 Å². The lowest BCUT2D eigenvalue weighted by molar-refractivity contribution is 0.560. The molecule has 0 fully saturated rings. The number of benzene rings is 2. The topological polar surface area (TPSA) is 0 Å². The molecule has 20 heavy (non-hydrogen) atoms. The van der Waals surface area contributed by atoms with Crippen LogP contribution in [0.2, 0.25) is 0 Å². The molecule has 4 rings (SSSR count). The molecule has 100 valence electrons. The minimum atomic E-state index is 0.744. The van der Waals surface area contributed by atoms with Gasteiger partial charge in [-0.15, -0.1) is 0 Å². The Balaban J connectivity index is 2.01. The van der Waals surface area contributed by atoms with E-state index in [0.29, 0.717) is 0 Å². The van der Waals surface area contributed by atoms with Gasteiger partial charge in [0, 0.05) is 0 Å². The van der Waals surface area contributed by atoms with E-state index in [4.69, 9.17) is 0 Å². The number of allylic oxidation sites excluding steroid dienone is 4. The van der Waals surface area contributed by atoms with Crippen molar-refractivity contribution in [3.05, 3.63) is 65.3 Å². The zero-order chi connectivity index (χ0) is 13.5. The molecular formula is C20H20. The van der Waals surface area contributed by atoms with E-state index in [-0.39, 0.29) is 0 Å². The molecule has 0 N–H and O–H groups in total. The van der Waals surface area contributed by atoms with E-state index in [9.17, 15) is 0 Å². The summed E-state index contributed by atoms with van der Waals surface area (Å²) in [6, 6.07) is 13.5. The quantitative estimate of drug-likeness (QED) is 0.632. The van der Waals surface area contributed by atoms with Crippen molar-refractivity contribution in [2.75, 3.05) is 0 Å². The molecular weight excluding hydrogens is 240 g/mol. The average molecular weight is 260 g/mol. The first kappa shape index (κ1) is 12.0. The molecule has 0 bridgehead atoms. The third-order valence-electron chi connectivity index (χ3n) is 4.98. The lowest BCUT2D eigenvalue weighted by atomic mass is 9.73. The molecule has 2 aromatic rings. The molecule has 2 aliphatic rings. The summed E-state index contributed by atoms with van der Waals surface area (Å²) < 4.78 is 0. The Morgan fingerprint density at radius 1 is 1.10 bits per heavy atom. The maximum atomic E-state index is 2.37. The number of hydrogen-bond acceptors (Lipinski definition) is 0. The van der Waals surface area contributed by atoms with Gasteiger partial charge in [0.2, 0.25) is 0 Å². The molecule has 0 heteroatoms. The van der Waals surface area contributed by atoms with Crippen molar-refractivity contribution < 1.29 is 0 Å². The van der Waals surface area contributed by atoms with Gasteiger partial charge >= 0.3 is 0 Å². The van der Waals surface area contributed by atoms with E-state index in [1.807, 2.05) is 0 Å². The van der Waals surface area contributed by atoms with Crippen molar-refractivity contribution in [3.63, 3.8) is 0 Å². The largest absolute Gasteiger partial charge is 0.0836 e. The summed E-state index contributed by atoms with van der Waals surface area (Å²) in [5.41, 5.74) is 6.28. The lowest BCUT2D eigenvalue weighted by Crippen LogP contribution is -2.17. The highest BCUT2D eigenvalue weighted by atomic mass is 14.3. The predicted octanol–water partition coefficient (Wildman–Crippen LogP) is 5.53. The van der Waals surface area contributed by atoms with Gasteiger partial charge in [-0.3, -0.25) is 0 Å². The van der Waals surface area contributed by atoms with Gasteiger partial charge in [-0.05, 0) is 59.1 Å². The normalized spacial score (nSPS) is 20.9. The maximum Gasteiger partial charge on any atom is -0.0146 e. The van der Waals surface area contributed by atoms with Crippen molar-refractivity contribution in [3.8, 4) is 0 Å². The summed E-state index contributed by atoms with van der Waals surface area (Å²) in [6.45, 7) is 2.34. The first-order chi connectivity index (χ1) is 9.88. The van der Waals surface area contributed by atoms with Crippen LogP contribution in [0, 0.1) is 5.92 Å². The highest BCUT2D eigenvalue weighted by Gasteiger charge is 2.26. The fourth-order valence-electron chi connectivity index (χ4n) is 3.94. The van der Waals surface area contributed by atoms with Crippen LogP contribution in [0.4, 0.5) is 0 Å². The Bertz CT molecular complexity index is 731. The van der Waals surface area contributed by atoms with E-state index in [1.54, 1.807) is 11.1 Å². The van der Waals surface area contributed by atoms with Crippen LogP contribution in [-0.2, 0) is 6.42 Å². The van der Waals surface area contributed by atoms with Crippen molar-refractivity contribution >= 4 is 16.3 Å². The van der Waals surface area contributed by atoms with E-state index in [1.165, 1.54) is 47.6 Å². The molecule has 0 amide bonds. The Morgan fingerprint density at radius 3 is 2.90 bits per heavy atom. The van der Waals surface area contributed by atoms with Gasteiger partial charge in [-0.2, -0.15) is 0 Å². The first-order valence-corrected chi connectivity index (χ1v) is 7.79. The van der Waals surface area contributed by atoms with Gasteiger partial charge in [-0.25, -0.2) is 0 Å². The highest BCUT2D eigenvalue weighted by Crippen LogP contribution is 2.43. The standard InChI is InChI=1S/C20H20/c1-2-14-13-20-17-9-4-3-7-15(17)11-12-19(20)18-10-6-5-8-16(14)18/h3-4,6-7,9-12,14H,2,5,8,13H2,1H3. The zero-order valence-corrected chi connectivity index (χ0v) is 12.0. The number of rotatable bonds is 1. The summed E-state index contributed by atoms with van der Waals surface area (Å²) in [5, 5.41) is 2.83. The smallest absolute Gasteiger partial charge is 0.0146 e. The first-order valence-electron chi connectivity index (χ1n) is 7.79. The Labute approximate surface area is 120 Å². The fourth-order valence-corrected chi connectivity index (χ4v) is 3.94. The van der Waals surface area contributed by atoms with E-state index in [0.717, 1.165) is 5.92 Å². The van der Waals surface area contributed by atoms with Gasteiger partial charge in [0.15, 0.2) is 0 Å². The molecule has 2 aromatic carbocycles. The van der Waals surface area contributed by atoms with E-state index < -0.39 is 0 Å². The van der Waals surface area contributed by atoms with Gasteiger partial charge in [0.05, 0.1) is 0 Å². The molecule has 0 heterocycles. The van der Waals surface area contributed by atoms with Gasteiger partial charge in [0.1, 0.15) is 0 Å². The Morgan fingerprint density at radius 2 is 2.00 bits per heavy atom. The summed E-state index contributed by atoms with van der Waals surface area (Å²) in [4.78, 5) is 0. The molecule has 1 atom stereocenters. The number of fused-ring (bicyclic) bond motifs is 4. The zero-order valence-electron chi connectivity index (χ0n) is 12.0. The third kappa shape index (κ3) is 1.67.